The lowest BCUT2D eigenvalue weighted by atomic mass is 10.3. The van der Waals surface area contributed by atoms with E-state index in [0.29, 0.717) is 5.69 Å². The number of halogens is 1. The van der Waals surface area contributed by atoms with Gasteiger partial charge in [0.15, 0.2) is 0 Å². The van der Waals surface area contributed by atoms with E-state index in [1.807, 2.05) is 0 Å². The van der Waals surface area contributed by atoms with Gasteiger partial charge in [-0.25, -0.2) is 17.6 Å². The predicted octanol–water partition coefficient (Wildman–Crippen LogP) is 1.76. The number of carbonyl (C=O) groups excluding carboxylic acids is 1. The molecule has 2 aromatic rings. The van der Waals surface area contributed by atoms with Gasteiger partial charge in [0.05, 0.1) is 16.8 Å². The predicted molar refractivity (Wildman–Crippen MR) is 90.0 cm³/mol. The van der Waals surface area contributed by atoms with Crippen molar-refractivity contribution >= 4 is 21.7 Å². The number of nitrogens with one attached hydrogen (secondary N) is 1. The van der Waals surface area contributed by atoms with Gasteiger partial charge in [0.1, 0.15) is 5.82 Å². The molecule has 2 amide bonds. The zero-order valence-electron chi connectivity index (χ0n) is 13.3. The van der Waals surface area contributed by atoms with Crippen LogP contribution in [0, 0.1) is 5.82 Å². The van der Waals surface area contributed by atoms with Crippen molar-refractivity contribution in [2.24, 2.45) is 0 Å². The van der Waals surface area contributed by atoms with Crippen molar-refractivity contribution in [1.29, 1.82) is 0 Å². The van der Waals surface area contributed by atoms with E-state index in [2.05, 4.69) is 10.3 Å². The number of piperazine rings is 1. The highest BCUT2D eigenvalue weighted by atomic mass is 32.2. The van der Waals surface area contributed by atoms with E-state index < -0.39 is 15.8 Å². The molecular weight excluding hydrogens is 347 g/mol. The second kappa shape index (κ2) is 7.16. The van der Waals surface area contributed by atoms with Gasteiger partial charge in [-0.1, -0.05) is 0 Å². The Bertz CT molecular complexity index is 835. The van der Waals surface area contributed by atoms with Crippen LogP contribution < -0.4 is 5.32 Å². The van der Waals surface area contributed by atoms with E-state index in [4.69, 9.17) is 0 Å². The number of hydrogen-bond acceptors (Lipinski definition) is 4. The Morgan fingerprint density at radius 3 is 2.36 bits per heavy atom. The van der Waals surface area contributed by atoms with Crippen molar-refractivity contribution in [2.75, 3.05) is 31.5 Å². The molecule has 0 bridgehead atoms. The fourth-order valence-corrected chi connectivity index (χ4v) is 3.95. The van der Waals surface area contributed by atoms with E-state index in [-0.39, 0.29) is 37.1 Å². The van der Waals surface area contributed by atoms with Crippen LogP contribution in [0.25, 0.3) is 0 Å². The monoisotopic (exact) mass is 364 g/mol. The topological polar surface area (TPSA) is 82.6 Å². The van der Waals surface area contributed by atoms with Gasteiger partial charge in [0.2, 0.25) is 10.0 Å². The highest BCUT2D eigenvalue weighted by Gasteiger charge is 2.30. The molecule has 0 spiro atoms. The summed E-state index contributed by atoms with van der Waals surface area (Å²) in [6.45, 7) is 0.902. The highest BCUT2D eigenvalue weighted by Crippen LogP contribution is 2.18. The number of aromatic nitrogens is 1. The van der Waals surface area contributed by atoms with E-state index in [9.17, 15) is 17.6 Å². The molecule has 0 saturated carbocycles. The minimum atomic E-state index is -3.69. The number of pyridine rings is 1. The first-order valence-corrected chi connectivity index (χ1v) is 9.12. The van der Waals surface area contributed by atoms with E-state index in [1.54, 1.807) is 23.2 Å². The first-order valence-electron chi connectivity index (χ1n) is 7.68. The van der Waals surface area contributed by atoms with Crippen LogP contribution in [0.4, 0.5) is 14.9 Å². The number of benzene rings is 1. The molecule has 1 aliphatic rings. The number of amides is 2. The summed E-state index contributed by atoms with van der Waals surface area (Å²) in [6.07, 6.45) is 3.14. The van der Waals surface area contributed by atoms with Gasteiger partial charge in [-0.15, -0.1) is 0 Å². The molecule has 3 rings (SSSR count). The Hall–Kier alpha value is -2.52. The maximum absolute atomic E-state index is 13.0. The van der Waals surface area contributed by atoms with Crippen LogP contribution >= 0.6 is 0 Å². The second-order valence-electron chi connectivity index (χ2n) is 5.52. The third kappa shape index (κ3) is 3.94. The van der Waals surface area contributed by atoms with Crippen molar-refractivity contribution in [3.8, 4) is 0 Å². The molecule has 0 unspecified atom stereocenters. The lowest BCUT2D eigenvalue weighted by molar-refractivity contribution is 0.184. The number of carbonyl (C=O) groups is 1. The fraction of sp³-hybridized carbons (Fsp3) is 0.250. The maximum atomic E-state index is 13.0. The summed E-state index contributed by atoms with van der Waals surface area (Å²) in [7, 11) is -3.69. The average molecular weight is 364 g/mol. The Morgan fingerprint density at radius 1 is 1.08 bits per heavy atom. The summed E-state index contributed by atoms with van der Waals surface area (Å²) < 4.78 is 39.4. The minimum absolute atomic E-state index is 0.0437. The first-order chi connectivity index (χ1) is 12.0. The third-order valence-electron chi connectivity index (χ3n) is 3.89. The van der Waals surface area contributed by atoms with Gasteiger partial charge in [0.25, 0.3) is 0 Å². The number of rotatable bonds is 3. The lowest BCUT2D eigenvalue weighted by Crippen LogP contribution is -2.51. The maximum Gasteiger partial charge on any atom is 0.321 e. The van der Waals surface area contributed by atoms with Crippen molar-refractivity contribution in [1.82, 2.24) is 14.2 Å². The van der Waals surface area contributed by atoms with Crippen LogP contribution in [-0.2, 0) is 10.0 Å². The van der Waals surface area contributed by atoms with Crippen LogP contribution in [0.1, 0.15) is 0 Å². The van der Waals surface area contributed by atoms with Crippen LogP contribution in [0.3, 0.4) is 0 Å². The number of hydrogen-bond donors (Lipinski definition) is 1. The molecule has 1 N–H and O–H groups in total. The summed E-state index contributed by atoms with van der Waals surface area (Å²) in [5.41, 5.74) is 0.578. The largest absolute Gasteiger partial charge is 0.322 e. The second-order valence-corrected chi connectivity index (χ2v) is 7.45. The average Bonchev–Trinajstić information content (AvgIpc) is 2.63. The Kier molecular flexibility index (Phi) is 4.95. The van der Waals surface area contributed by atoms with Crippen LogP contribution in [0.15, 0.2) is 53.7 Å². The summed E-state index contributed by atoms with van der Waals surface area (Å²) in [4.78, 5) is 17.7. The Morgan fingerprint density at radius 2 is 1.76 bits per heavy atom. The molecule has 0 atom stereocenters. The number of urea groups is 1. The fourth-order valence-electron chi connectivity index (χ4n) is 2.53. The normalized spacial score (nSPS) is 15.8. The molecule has 9 heteroatoms. The molecule has 1 aliphatic heterocycles. The van der Waals surface area contributed by atoms with Crippen molar-refractivity contribution < 1.29 is 17.6 Å². The molecule has 7 nitrogen and oxygen atoms in total. The summed E-state index contributed by atoms with van der Waals surface area (Å²) in [5.74, 6) is -0.490. The molecule has 1 aromatic heterocycles. The molecule has 1 fully saturated rings. The van der Waals surface area contributed by atoms with Crippen LogP contribution in [0.5, 0.6) is 0 Å². The third-order valence-corrected chi connectivity index (χ3v) is 5.80. The van der Waals surface area contributed by atoms with Gasteiger partial charge < -0.3 is 10.2 Å². The Labute approximate surface area is 145 Å². The molecule has 25 heavy (non-hydrogen) atoms. The zero-order valence-corrected chi connectivity index (χ0v) is 14.1. The summed E-state index contributed by atoms with van der Waals surface area (Å²) in [6, 6.07) is 7.85. The van der Waals surface area contributed by atoms with Crippen molar-refractivity contribution in [2.45, 2.75) is 4.90 Å². The zero-order chi connectivity index (χ0) is 17.9. The van der Waals surface area contributed by atoms with Gasteiger partial charge >= 0.3 is 6.03 Å². The van der Waals surface area contributed by atoms with E-state index in [1.165, 1.54) is 22.6 Å². The quantitative estimate of drug-likeness (QED) is 0.900. The van der Waals surface area contributed by atoms with Crippen molar-refractivity contribution in [3.05, 3.63) is 54.6 Å². The number of nitrogens with zero attached hydrogens (tertiary/aromatic N) is 3. The van der Waals surface area contributed by atoms with E-state index >= 15 is 0 Å². The molecule has 2 heterocycles. The summed E-state index contributed by atoms with van der Waals surface area (Å²) in [5, 5.41) is 2.72. The molecule has 1 aromatic carbocycles. The number of sulfonamides is 1. The lowest BCUT2D eigenvalue weighted by Gasteiger charge is -2.33. The molecule has 0 radical (unpaired) electrons. The standard InChI is InChI=1S/C16H17FN4O3S/c17-13-3-5-15(6-4-13)25(23,24)21-10-8-20(9-11-21)16(22)19-14-2-1-7-18-12-14/h1-7,12H,8-11H2,(H,19,22). The van der Waals surface area contributed by atoms with Gasteiger partial charge in [-0.05, 0) is 36.4 Å². The van der Waals surface area contributed by atoms with Gasteiger partial charge in [-0.2, -0.15) is 4.31 Å². The van der Waals surface area contributed by atoms with Crippen molar-refractivity contribution in [3.63, 3.8) is 0 Å². The first kappa shape index (κ1) is 17.3. The molecular formula is C16H17FN4O3S. The van der Waals surface area contributed by atoms with Gasteiger partial charge in [-0.3, -0.25) is 4.98 Å². The smallest absolute Gasteiger partial charge is 0.321 e. The van der Waals surface area contributed by atoms with Gasteiger partial charge in [0, 0.05) is 32.4 Å². The SMILES string of the molecule is O=C(Nc1cccnc1)N1CCN(S(=O)(=O)c2ccc(F)cc2)CC1. The van der Waals surface area contributed by atoms with Crippen LogP contribution in [-0.4, -0.2) is 54.8 Å². The molecule has 1 saturated heterocycles. The highest BCUT2D eigenvalue weighted by molar-refractivity contribution is 7.89. The number of anilines is 1. The molecule has 132 valence electrons. The minimum Gasteiger partial charge on any atom is -0.322 e. The van der Waals surface area contributed by atoms with Crippen LogP contribution in [0.2, 0.25) is 0 Å². The summed E-state index contributed by atoms with van der Waals surface area (Å²) >= 11 is 0. The van der Waals surface area contributed by atoms with E-state index in [0.717, 1.165) is 12.1 Å². The Balaban J connectivity index is 1.61. The molecule has 0 aliphatic carbocycles.